The lowest BCUT2D eigenvalue weighted by molar-refractivity contribution is -0.134. The predicted molar refractivity (Wildman–Crippen MR) is 85.0 cm³/mol. The van der Waals surface area contributed by atoms with Crippen molar-refractivity contribution in [2.75, 3.05) is 36.0 Å². The van der Waals surface area contributed by atoms with E-state index in [1.807, 2.05) is 21.6 Å². The van der Waals surface area contributed by atoms with E-state index in [-0.39, 0.29) is 23.8 Å². The molecule has 7 heteroatoms. The second-order valence-electron chi connectivity index (χ2n) is 6.69. The zero-order valence-electron chi connectivity index (χ0n) is 13.4. The molecular formula is C16H22FN5O. The van der Waals surface area contributed by atoms with Crippen LogP contribution in [0.25, 0.3) is 0 Å². The van der Waals surface area contributed by atoms with Gasteiger partial charge >= 0.3 is 0 Å². The van der Waals surface area contributed by atoms with Crippen LogP contribution in [-0.4, -0.2) is 59.0 Å². The minimum absolute atomic E-state index is 0.134. The first-order valence-electron chi connectivity index (χ1n) is 8.50. The zero-order chi connectivity index (χ0) is 16.0. The molecule has 0 N–H and O–H groups in total. The molecule has 6 nitrogen and oxygen atoms in total. The van der Waals surface area contributed by atoms with Gasteiger partial charge in [-0.25, -0.2) is 9.37 Å². The number of halogens is 1. The van der Waals surface area contributed by atoms with Crippen molar-refractivity contribution in [1.29, 1.82) is 0 Å². The number of carbonyl (C=O) groups is 1. The van der Waals surface area contributed by atoms with Gasteiger partial charge in [-0.15, -0.1) is 0 Å². The molecule has 0 spiro atoms. The minimum Gasteiger partial charge on any atom is -0.354 e. The minimum atomic E-state index is -0.380. The van der Waals surface area contributed by atoms with Crippen molar-refractivity contribution in [3.8, 4) is 0 Å². The molecule has 3 saturated heterocycles. The first-order chi connectivity index (χ1) is 11.1. The van der Waals surface area contributed by atoms with E-state index >= 15 is 0 Å². The molecule has 2 atom stereocenters. The van der Waals surface area contributed by atoms with Crippen LogP contribution < -0.4 is 9.80 Å². The smallest absolute Gasteiger partial charge is 0.245 e. The highest BCUT2D eigenvalue weighted by Gasteiger charge is 2.41. The number of hydrogen-bond acceptors (Lipinski definition) is 5. The second kappa shape index (κ2) is 5.62. The van der Waals surface area contributed by atoms with Gasteiger partial charge in [0.25, 0.3) is 0 Å². The summed E-state index contributed by atoms with van der Waals surface area (Å²) in [7, 11) is 0. The molecular weight excluding hydrogens is 297 g/mol. The highest BCUT2D eigenvalue weighted by Crippen LogP contribution is 2.29. The molecule has 4 rings (SSSR count). The van der Waals surface area contributed by atoms with Crippen molar-refractivity contribution >= 4 is 17.7 Å². The van der Waals surface area contributed by atoms with Crippen molar-refractivity contribution in [3.05, 3.63) is 12.0 Å². The molecule has 23 heavy (non-hydrogen) atoms. The predicted octanol–water partition coefficient (Wildman–Crippen LogP) is 1.42. The van der Waals surface area contributed by atoms with Gasteiger partial charge < -0.3 is 14.7 Å². The van der Waals surface area contributed by atoms with Crippen LogP contribution in [0.5, 0.6) is 0 Å². The zero-order valence-corrected chi connectivity index (χ0v) is 13.4. The highest BCUT2D eigenvalue weighted by molar-refractivity contribution is 5.86. The van der Waals surface area contributed by atoms with E-state index in [1.54, 1.807) is 0 Å². The Labute approximate surface area is 135 Å². The molecule has 0 unspecified atom stereocenters. The van der Waals surface area contributed by atoms with Crippen molar-refractivity contribution in [1.82, 2.24) is 14.9 Å². The Kier molecular flexibility index (Phi) is 3.58. The fraction of sp³-hybridized carbons (Fsp3) is 0.688. The molecule has 3 aliphatic rings. The molecule has 124 valence electrons. The van der Waals surface area contributed by atoms with Crippen LogP contribution >= 0.6 is 0 Å². The number of hydrogen-bond donors (Lipinski definition) is 0. The first kappa shape index (κ1) is 14.7. The van der Waals surface area contributed by atoms with E-state index in [1.165, 1.54) is 6.20 Å². The van der Waals surface area contributed by atoms with Crippen LogP contribution in [0.15, 0.2) is 6.20 Å². The maximum Gasteiger partial charge on any atom is 0.245 e. The van der Waals surface area contributed by atoms with E-state index in [0.29, 0.717) is 11.8 Å². The van der Waals surface area contributed by atoms with E-state index in [2.05, 4.69) is 9.97 Å². The number of amides is 1. The lowest BCUT2D eigenvalue weighted by Crippen LogP contribution is -2.59. The van der Waals surface area contributed by atoms with E-state index in [9.17, 15) is 9.18 Å². The average molecular weight is 319 g/mol. The molecule has 0 bridgehead atoms. The Bertz CT molecular complexity index is 618. The topological polar surface area (TPSA) is 52.6 Å². The lowest BCUT2D eigenvalue weighted by atomic mass is 10.1. The molecule has 0 saturated carbocycles. The number of carbonyl (C=O) groups excluding carboxylic acids is 1. The fourth-order valence-corrected chi connectivity index (χ4v) is 3.97. The van der Waals surface area contributed by atoms with Gasteiger partial charge in [0, 0.05) is 32.2 Å². The first-order valence-corrected chi connectivity index (χ1v) is 8.50. The summed E-state index contributed by atoms with van der Waals surface area (Å²) in [5.41, 5.74) is 0. The third-order valence-corrected chi connectivity index (χ3v) is 5.27. The number of nitrogens with zero attached hydrogens (tertiary/aromatic N) is 5. The summed E-state index contributed by atoms with van der Waals surface area (Å²) in [6, 6.07) is -0.0520. The Morgan fingerprint density at radius 3 is 2.74 bits per heavy atom. The largest absolute Gasteiger partial charge is 0.354 e. The molecule has 3 fully saturated rings. The van der Waals surface area contributed by atoms with Crippen molar-refractivity contribution in [2.45, 2.75) is 44.7 Å². The Hall–Kier alpha value is -1.92. The van der Waals surface area contributed by atoms with Gasteiger partial charge in [0.15, 0.2) is 11.6 Å². The summed E-state index contributed by atoms with van der Waals surface area (Å²) in [5, 5.41) is 0. The van der Waals surface area contributed by atoms with Gasteiger partial charge in [-0.05, 0) is 32.6 Å². The van der Waals surface area contributed by atoms with Crippen molar-refractivity contribution < 1.29 is 9.18 Å². The van der Waals surface area contributed by atoms with Crippen molar-refractivity contribution in [3.63, 3.8) is 0 Å². The van der Waals surface area contributed by atoms with Gasteiger partial charge in [0.1, 0.15) is 6.04 Å². The van der Waals surface area contributed by atoms with Gasteiger partial charge in [-0.2, -0.15) is 4.98 Å². The Morgan fingerprint density at radius 1 is 1.17 bits per heavy atom. The molecule has 3 aliphatic heterocycles. The van der Waals surface area contributed by atoms with Gasteiger partial charge in [-0.1, -0.05) is 0 Å². The SMILES string of the molecule is C[C@H]1C(=O)N2CCC[C@H]2CN1c1ncc(F)c(N2CCCC2)n1. The van der Waals surface area contributed by atoms with E-state index < -0.39 is 0 Å². The standard InChI is InChI=1S/C16H22FN5O/c1-11-15(23)21-8-4-5-12(21)10-22(11)16-18-9-13(17)14(19-16)20-6-2-3-7-20/h9,11-12H,2-8,10H2,1H3/t11-,12-/m0/s1. The van der Waals surface area contributed by atoms with Crippen LogP contribution in [0.4, 0.5) is 16.2 Å². The second-order valence-corrected chi connectivity index (χ2v) is 6.69. The van der Waals surface area contributed by atoms with E-state index in [0.717, 1.165) is 51.9 Å². The van der Waals surface area contributed by atoms with Crippen LogP contribution in [0.2, 0.25) is 0 Å². The van der Waals surface area contributed by atoms with Crippen LogP contribution in [0, 0.1) is 5.82 Å². The van der Waals surface area contributed by atoms with Crippen LogP contribution in [0.3, 0.4) is 0 Å². The summed E-state index contributed by atoms with van der Waals surface area (Å²) in [6.07, 6.45) is 5.45. The molecule has 0 radical (unpaired) electrons. The number of fused-ring (bicyclic) bond motifs is 1. The molecule has 1 amide bonds. The summed E-state index contributed by atoms with van der Waals surface area (Å²) < 4.78 is 14.1. The lowest BCUT2D eigenvalue weighted by Gasteiger charge is -2.41. The summed E-state index contributed by atoms with van der Waals surface area (Å²) in [4.78, 5) is 27.1. The van der Waals surface area contributed by atoms with Gasteiger partial charge in [-0.3, -0.25) is 4.79 Å². The molecule has 0 aliphatic carbocycles. The van der Waals surface area contributed by atoms with Gasteiger partial charge in [0.2, 0.25) is 11.9 Å². The average Bonchev–Trinajstić information content (AvgIpc) is 3.23. The quantitative estimate of drug-likeness (QED) is 0.825. The van der Waals surface area contributed by atoms with E-state index in [4.69, 9.17) is 0 Å². The molecule has 4 heterocycles. The summed E-state index contributed by atoms with van der Waals surface area (Å²) in [6.45, 7) is 5.14. The monoisotopic (exact) mass is 319 g/mol. The highest BCUT2D eigenvalue weighted by atomic mass is 19.1. The van der Waals surface area contributed by atoms with Crippen LogP contribution in [0.1, 0.15) is 32.6 Å². The number of anilines is 2. The number of rotatable bonds is 2. The fourth-order valence-electron chi connectivity index (χ4n) is 3.97. The molecule has 0 aromatic carbocycles. The van der Waals surface area contributed by atoms with Crippen LogP contribution in [-0.2, 0) is 4.79 Å². The summed E-state index contributed by atoms with van der Waals surface area (Å²) >= 11 is 0. The number of piperazine rings is 1. The number of aromatic nitrogens is 2. The Balaban J connectivity index is 1.64. The summed E-state index contributed by atoms with van der Waals surface area (Å²) in [5.74, 6) is 0.602. The Morgan fingerprint density at radius 2 is 1.96 bits per heavy atom. The van der Waals surface area contributed by atoms with Gasteiger partial charge in [0.05, 0.1) is 6.20 Å². The maximum atomic E-state index is 14.1. The molecule has 1 aromatic rings. The third kappa shape index (κ3) is 2.42. The third-order valence-electron chi connectivity index (χ3n) is 5.27. The normalized spacial score (nSPS) is 27.7. The maximum absolute atomic E-state index is 14.1. The molecule has 1 aromatic heterocycles. The van der Waals surface area contributed by atoms with Crippen molar-refractivity contribution in [2.24, 2.45) is 0 Å².